The van der Waals surface area contributed by atoms with E-state index in [0.717, 1.165) is 55.9 Å². The van der Waals surface area contributed by atoms with Crippen LogP contribution in [-0.4, -0.2) is 58.3 Å². The van der Waals surface area contributed by atoms with E-state index in [-0.39, 0.29) is 11.9 Å². The third-order valence-corrected chi connectivity index (χ3v) is 7.61. The molecule has 3 heterocycles. The minimum Gasteiger partial charge on any atom is -0.368 e. The Kier molecular flexibility index (Phi) is 8.57. The fourth-order valence-corrected chi connectivity index (χ4v) is 5.43. The number of para-hydroxylation sites is 1. The van der Waals surface area contributed by atoms with Gasteiger partial charge in [-0.25, -0.2) is 4.68 Å². The molecule has 7 heteroatoms. The first-order chi connectivity index (χ1) is 19.0. The highest BCUT2D eigenvalue weighted by Gasteiger charge is 2.28. The molecule has 1 atom stereocenters. The molecule has 1 unspecified atom stereocenters. The van der Waals surface area contributed by atoms with Crippen molar-refractivity contribution in [3.8, 4) is 5.69 Å². The first kappa shape index (κ1) is 26.9. The third-order valence-electron chi connectivity index (χ3n) is 7.61. The fraction of sp³-hybridized carbons (Fsp3) is 0.406. The number of nitrogens with zero attached hydrogens (tertiary/aromatic N) is 5. The fourth-order valence-electron chi connectivity index (χ4n) is 5.43. The van der Waals surface area contributed by atoms with E-state index >= 15 is 0 Å². The zero-order valence-corrected chi connectivity index (χ0v) is 23.4. The van der Waals surface area contributed by atoms with E-state index in [2.05, 4.69) is 60.2 Å². The SMILES string of the molecule is CCCNC(=O)CC(c1ccn(-c2ccccc2)n1)N1CCCN(c2cc(C(C)C)cc3cccnc23)CC1. The number of carbonyl (C=O) groups excluding carboxylic acids is 1. The monoisotopic (exact) mass is 524 g/mol. The Balaban J connectivity index is 1.40. The summed E-state index contributed by atoms with van der Waals surface area (Å²) in [6.45, 7) is 10.9. The summed E-state index contributed by atoms with van der Waals surface area (Å²) in [6.07, 6.45) is 6.22. The molecule has 2 aromatic heterocycles. The van der Waals surface area contributed by atoms with Crippen LogP contribution in [0.1, 0.15) is 63.3 Å². The summed E-state index contributed by atoms with van der Waals surface area (Å²) in [7, 11) is 0. The number of benzene rings is 2. The van der Waals surface area contributed by atoms with Gasteiger partial charge in [-0.3, -0.25) is 14.7 Å². The maximum absolute atomic E-state index is 12.9. The molecule has 1 aliphatic rings. The van der Waals surface area contributed by atoms with Gasteiger partial charge in [-0.2, -0.15) is 5.10 Å². The van der Waals surface area contributed by atoms with Gasteiger partial charge in [-0.1, -0.05) is 45.0 Å². The molecule has 4 aromatic rings. The normalized spacial score (nSPS) is 15.4. The summed E-state index contributed by atoms with van der Waals surface area (Å²) < 4.78 is 1.91. The minimum absolute atomic E-state index is 0.0800. The van der Waals surface area contributed by atoms with Gasteiger partial charge >= 0.3 is 0 Å². The molecule has 0 bridgehead atoms. The van der Waals surface area contributed by atoms with E-state index in [1.165, 1.54) is 16.6 Å². The highest BCUT2D eigenvalue weighted by Crippen LogP contribution is 2.32. The zero-order chi connectivity index (χ0) is 27.2. The molecule has 2 aromatic carbocycles. The van der Waals surface area contributed by atoms with Gasteiger partial charge < -0.3 is 10.2 Å². The van der Waals surface area contributed by atoms with Gasteiger partial charge in [0.25, 0.3) is 0 Å². The van der Waals surface area contributed by atoms with Gasteiger partial charge in [0.15, 0.2) is 0 Å². The van der Waals surface area contributed by atoms with Gasteiger partial charge in [0.05, 0.1) is 28.6 Å². The van der Waals surface area contributed by atoms with Gasteiger partial charge in [-0.15, -0.1) is 0 Å². The van der Waals surface area contributed by atoms with Gasteiger partial charge in [0.2, 0.25) is 5.91 Å². The summed E-state index contributed by atoms with van der Waals surface area (Å²) in [5.74, 6) is 0.527. The highest BCUT2D eigenvalue weighted by atomic mass is 16.1. The summed E-state index contributed by atoms with van der Waals surface area (Å²) in [5.41, 5.74) is 5.57. The largest absolute Gasteiger partial charge is 0.368 e. The lowest BCUT2D eigenvalue weighted by molar-refractivity contribution is -0.122. The lowest BCUT2D eigenvalue weighted by atomic mass is 9.99. The average molecular weight is 525 g/mol. The summed E-state index contributed by atoms with van der Waals surface area (Å²) in [6, 6.07) is 20.9. The van der Waals surface area contributed by atoms with E-state index in [4.69, 9.17) is 10.1 Å². The van der Waals surface area contributed by atoms with Crippen LogP contribution in [0.15, 0.2) is 73.1 Å². The van der Waals surface area contributed by atoms with Crippen molar-refractivity contribution in [2.45, 2.75) is 52.0 Å². The molecule has 0 spiro atoms. The van der Waals surface area contributed by atoms with E-state index < -0.39 is 0 Å². The predicted molar refractivity (Wildman–Crippen MR) is 158 cm³/mol. The Labute approximate surface area is 231 Å². The van der Waals surface area contributed by atoms with Crippen molar-refractivity contribution in [1.82, 2.24) is 25.0 Å². The first-order valence-electron chi connectivity index (χ1n) is 14.3. The second kappa shape index (κ2) is 12.4. The maximum atomic E-state index is 12.9. The van der Waals surface area contributed by atoms with Gasteiger partial charge in [0.1, 0.15) is 0 Å². The van der Waals surface area contributed by atoms with Crippen molar-refractivity contribution in [2.24, 2.45) is 0 Å². The third kappa shape index (κ3) is 6.31. The topological polar surface area (TPSA) is 66.3 Å². The van der Waals surface area contributed by atoms with E-state index in [9.17, 15) is 4.79 Å². The maximum Gasteiger partial charge on any atom is 0.221 e. The molecule has 39 heavy (non-hydrogen) atoms. The number of nitrogens with one attached hydrogen (secondary N) is 1. The molecule has 5 rings (SSSR count). The van der Waals surface area contributed by atoms with Crippen LogP contribution in [0.5, 0.6) is 0 Å². The number of fused-ring (bicyclic) bond motifs is 1. The molecule has 0 saturated carbocycles. The van der Waals surface area contributed by atoms with Crippen LogP contribution in [0, 0.1) is 0 Å². The molecule has 204 valence electrons. The molecule has 7 nitrogen and oxygen atoms in total. The number of amides is 1. The van der Waals surface area contributed by atoms with Crippen molar-refractivity contribution >= 4 is 22.5 Å². The Bertz CT molecular complexity index is 1380. The molecular formula is C32H40N6O. The number of rotatable bonds is 9. The number of pyridine rings is 1. The summed E-state index contributed by atoms with van der Waals surface area (Å²) >= 11 is 0. The molecule has 1 N–H and O–H groups in total. The van der Waals surface area contributed by atoms with Crippen LogP contribution in [0.2, 0.25) is 0 Å². The molecule has 1 fully saturated rings. The molecule has 1 saturated heterocycles. The summed E-state index contributed by atoms with van der Waals surface area (Å²) in [4.78, 5) is 22.6. The van der Waals surface area contributed by atoms with Crippen LogP contribution in [0.4, 0.5) is 5.69 Å². The van der Waals surface area contributed by atoms with Crippen molar-refractivity contribution in [3.63, 3.8) is 0 Å². The van der Waals surface area contributed by atoms with Gasteiger partial charge in [0, 0.05) is 56.9 Å². The first-order valence-corrected chi connectivity index (χ1v) is 14.3. The molecule has 0 radical (unpaired) electrons. The lowest BCUT2D eigenvalue weighted by Gasteiger charge is -2.30. The zero-order valence-electron chi connectivity index (χ0n) is 23.4. The number of aromatic nitrogens is 3. The number of hydrogen-bond donors (Lipinski definition) is 1. The van der Waals surface area contributed by atoms with Crippen LogP contribution in [-0.2, 0) is 4.79 Å². The highest BCUT2D eigenvalue weighted by molar-refractivity contribution is 5.91. The Morgan fingerprint density at radius 1 is 1.00 bits per heavy atom. The quantitative estimate of drug-likeness (QED) is 0.304. The predicted octanol–water partition coefficient (Wildman–Crippen LogP) is 5.71. The molecular weight excluding hydrogens is 484 g/mol. The molecule has 1 amide bonds. The van der Waals surface area contributed by atoms with E-state index in [1.807, 2.05) is 53.5 Å². The second-order valence-corrected chi connectivity index (χ2v) is 10.7. The van der Waals surface area contributed by atoms with Crippen LogP contribution in [0.25, 0.3) is 16.6 Å². The van der Waals surface area contributed by atoms with Crippen molar-refractivity contribution in [2.75, 3.05) is 37.6 Å². The molecule has 1 aliphatic heterocycles. The van der Waals surface area contributed by atoms with Crippen molar-refractivity contribution in [1.29, 1.82) is 0 Å². The minimum atomic E-state index is -0.0800. The average Bonchev–Trinajstić information content (AvgIpc) is 3.33. The standard InChI is InChI=1S/C32H40N6O/c1-4-14-33-31(39)23-29(28-13-18-38(35-28)27-11-6-5-7-12-27)36-16-9-17-37(20-19-36)30-22-26(24(2)3)21-25-10-8-15-34-32(25)30/h5-8,10-13,15,18,21-22,24,29H,4,9,14,16-17,19-20,23H2,1-3H3,(H,33,39). The van der Waals surface area contributed by atoms with Crippen LogP contribution >= 0.6 is 0 Å². The van der Waals surface area contributed by atoms with Crippen LogP contribution in [0.3, 0.4) is 0 Å². The number of hydrogen-bond acceptors (Lipinski definition) is 5. The van der Waals surface area contributed by atoms with Crippen molar-refractivity contribution < 1.29 is 4.79 Å². The van der Waals surface area contributed by atoms with Gasteiger partial charge in [-0.05, 0) is 60.7 Å². The Morgan fingerprint density at radius 2 is 1.85 bits per heavy atom. The second-order valence-electron chi connectivity index (χ2n) is 10.7. The van der Waals surface area contributed by atoms with E-state index in [0.29, 0.717) is 18.9 Å². The van der Waals surface area contributed by atoms with E-state index in [1.54, 1.807) is 0 Å². The summed E-state index contributed by atoms with van der Waals surface area (Å²) in [5, 5.41) is 9.21. The lowest BCUT2D eigenvalue weighted by Crippen LogP contribution is -2.37. The van der Waals surface area contributed by atoms with Crippen molar-refractivity contribution in [3.05, 3.63) is 84.3 Å². The smallest absolute Gasteiger partial charge is 0.221 e. The number of anilines is 1. The Hall–Kier alpha value is -3.71. The van der Waals surface area contributed by atoms with Crippen LogP contribution < -0.4 is 10.2 Å². The number of carbonyl (C=O) groups is 1. The Morgan fingerprint density at radius 3 is 2.64 bits per heavy atom. The molecule has 0 aliphatic carbocycles.